The number of aromatic hydroxyl groups is 1. The molecule has 0 aromatic heterocycles. The summed E-state index contributed by atoms with van der Waals surface area (Å²) in [6.07, 6.45) is 3.64. The van der Waals surface area contributed by atoms with E-state index < -0.39 is 17.1 Å². The summed E-state index contributed by atoms with van der Waals surface area (Å²) >= 11 is 0. The minimum absolute atomic E-state index is 0.144. The molecule has 0 unspecified atom stereocenters. The smallest absolute Gasteiger partial charge is 0.115 e. The van der Waals surface area contributed by atoms with E-state index in [0.717, 1.165) is 19.3 Å². The molecule has 3 aliphatic carbocycles. The van der Waals surface area contributed by atoms with Crippen LogP contribution in [-0.4, -0.2) is 40.7 Å². The van der Waals surface area contributed by atoms with Gasteiger partial charge in [-0.1, -0.05) is 13.0 Å². The Labute approximate surface area is 143 Å². The summed E-state index contributed by atoms with van der Waals surface area (Å²) in [6, 6.07) is 5.66. The standard InChI is InChI=1S/C20H28O4/c1-19-7-5-15-14-4-3-13(21)10-16(14)12(11-24-2)9-17(15)20(19,23)8-6-18(19)22/h3-4,10,12,15,17-18,21-23H,5-9,11H2,1-2H3/t12-,15+,17+,18-,19+,20+/m0/s1. The van der Waals surface area contributed by atoms with Gasteiger partial charge in [-0.3, -0.25) is 0 Å². The van der Waals surface area contributed by atoms with E-state index in [2.05, 4.69) is 6.92 Å². The Morgan fingerprint density at radius 3 is 2.75 bits per heavy atom. The molecule has 6 atom stereocenters. The molecule has 2 saturated carbocycles. The number of methoxy groups -OCH3 is 1. The minimum atomic E-state index is -0.809. The van der Waals surface area contributed by atoms with Crippen LogP contribution in [0.2, 0.25) is 0 Å². The molecule has 132 valence electrons. The SMILES string of the molecule is COC[C@@H]1C[C@@H]2[C@H](CC[C@]3(C)[C@@H](O)CC[C@@]23O)c2ccc(O)cc21. The van der Waals surface area contributed by atoms with E-state index in [1.54, 1.807) is 13.2 Å². The average Bonchev–Trinajstić information content (AvgIpc) is 2.80. The second-order valence-electron chi connectivity index (χ2n) is 8.35. The summed E-state index contributed by atoms with van der Waals surface area (Å²) in [5, 5.41) is 32.1. The van der Waals surface area contributed by atoms with Gasteiger partial charge in [0.2, 0.25) is 0 Å². The van der Waals surface area contributed by atoms with Crippen molar-refractivity contribution in [2.75, 3.05) is 13.7 Å². The Bertz CT molecular complexity index is 645. The zero-order valence-corrected chi connectivity index (χ0v) is 14.5. The van der Waals surface area contributed by atoms with Crippen LogP contribution in [0.25, 0.3) is 0 Å². The van der Waals surface area contributed by atoms with Gasteiger partial charge in [-0.05, 0) is 67.2 Å². The molecule has 0 bridgehead atoms. The van der Waals surface area contributed by atoms with Crippen LogP contribution in [-0.2, 0) is 4.74 Å². The lowest BCUT2D eigenvalue weighted by atomic mass is 9.51. The number of hydrogen-bond acceptors (Lipinski definition) is 4. The molecule has 0 heterocycles. The third kappa shape index (κ3) is 2.03. The van der Waals surface area contributed by atoms with Crippen molar-refractivity contribution >= 4 is 0 Å². The number of benzene rings is 1. The summed E-state index contributed by atoms with van der Waals surface area (Å²) < 4.78 is 5.44. The maximum Gasteiger partial charge on any atom is 0.115 e. The first kappa shape index (κ1) is 16.4. The predicted octanol–water partition coefficient (Wildman–Crippen LogP) is 2.91. The quantitative estimate of drug-likeness (QED) is 0.779. The van der Waals surface area contributed by atoms with Crippen LogP contribution < -0.4 is 0 Å². The Hall–Kier alpha value is -1.10. The first-order valence-electron chi connectivity index (χ1n) is 9.13. The lowest BCUT2D eigenvalue weighted by molar-refractivity contribution is -0.165. The normalized spacial score (nSPS) is 43.8. The lowest BCUT2D eigenvalue weighted by Gasteiger charge is -2.56. The highest BCUT2D eigenvalue weighted by Gasteiger charge is 2.64. The molecule has 0 radical (unpaired) electrons. The van der Waals surface area contributed by atoms with Crippen LogP contribution in [0, 0.1) is 11.3 Å². The molecule has 24 heavy (non-hydrogen) atoms. The molecule has 0 aliphatic heterocycles. The fourth-order valence-corrected chi connectivity index (χ4v) is 6.01. The van der Waals surface area contributed by atoms with Crippen molar-refractivity contribution in [1.82, 2.24) is 0 Å². The molecule has 3 aliphatic rings. The van der Waals surface area contributed by atoms with Crippen LogP contribution in [0.1, 0.15) is 62.0 Å². The Morgan fingerprint density at radius 1 is 1.21 bits per heavy atom. The van der Waals surface area contributed by atoms with E-state index >= 15 is 0 Å². The molecule has 4 rings (SSSR count). The van der Waals surface area contributed by atoms with E-state index in [1.165, 1.54) is 11.1 Å². The number of aliphatic hydroxyl groups is 2. The van der Waals surface area contributed by atoms with Crippen molar-refractivity contribution < 1.29 is 20.1 Å². The van der Waals surface area contributed by atoms with Crippen LogP contribution in [0.5, 0.6) is 5.75 Å². The van der Waals surface area contributed by atoms with Crippen LogP contribution >= 0.6 is 0 Å². The number of ether oxygens (including phenoxy) is 1. The summed E-state index contributed by atoms with van der Waals surface area (Å²) in [6.45, 7) is 2.66. The van der Waals surface area contributed by atoms with E-state index in [0.29, 0.717) is 31.1 Å². The van der Waals surface area contributed by atoms with E-state index in [9.17, 15) is 15.3 Å². The Morgan fingerprint density at radius 2 is 2.00 bits per heavy atom. The van der Waals surface area contributed by atoms with Crippen molar-refractivity contribution in [2.45, 2.75) is 62.6 Å². The molecule has 0 saturated heterocycles. The van der Waals surface area contributed by atoms with Gasteiger partial charge in [-0.15, -0.1) is 0 Å². The maximum atomic E-state index is 11.7. The van der Waals surface area contributed by atoms with Crippen LogP contribution in [0.15, 0.2) is 18.2 Å². The Balaban J connectivity index is 1.79. The fourth-order valence-electron chi connectivity index (χ4n) is 6.01. The topological polar surface area (TPSA) is 69.9 Å². The number of aliphatic hydroxyl groups excluding tert-OH is 1. The highest BCUT2D eigenvalue weighted by Crippen LogP contribution is 2.64. The van der Waals surface area contributed by atoms with Gasteiger partial charge in [0.15, 0.2) is 0 Å². The lowest BCUT2D eigenvalue weighted by Crippen LogP contribution is -2.58. The molecule has 0 amide bonds. The van der Waals surface area contributed by atoms with Gasteiger partial charge >= 0.3 is 0 Å². The molecule has 1 aromatic carbocycles. The monoisotopic (exact) mass is 332 g/mol. The van der Waals surface area contributed by atoms with Gasteiger partial charge in [-0.2, -0.15) is 0 Å². The summed E-state index contributed by atoms with van der Waals surface area (Å²) in [5.74, 6) is 0.925. The largest absolute Gasteiger partial charge is 0.508 e. The van der Waals surface area contributed by atoms with Crippen LogP contribution in [0.3, 0.4) is 0 Å². The first-order valence-corrected chi connectivity index (χ1v) is 9.13. The number of phenolic OH excluding ortho intramolecular Hbond substituents is 1. The summed E-state index contributed by atoms with van der Waals surface area (Å²) in [4.78, 5) is 0. The van der Waals surface area contributed by atoms with Gasteiger partial charge in [0.25, 0.3) is 0 Å². The zero-order chi connectivity index (χ0) is 17.1. The van der Waals surface area contributed by atoms with Gasteiger partial charge in [-0.25, -0.2) is 0 Å². The molecule has 2 fully saturated rings. The molecular formula is C20H28O4. The van der Waals surface area contributed by atoms with Crippen molar-refractivity contribution in [2.24, 2.45) is 11.3 Å². The third-order valence-corrected chi connectivity index (χ3v) is 7.41. The molecular weight excluding hydrogens is 304 g/mol. The third-order valence-electron chi connectivity index (χ3n) is 7.41. The first-order chi connectivity index (χ1) is 11.4. The molecule has 0 spiro atoms. The second kappa shape index (κ2) is 5.45. The summed E-state index contributed by atoms with van der Waals surface area (Å²) in [5.41, 5.74) is 1.21. The predicted molar refractivity (Wildman–Crippen MR) is 91.1 cm³/mol. The number of fused-ring (bicyclic) bond motifs is 5. The summed E-state index contributed by atoms with van der Waals surface area (Å²) in [7, 11) is 1.70. The van der Waals surface area contributed by atoms with E-state index in [4.69, 9.17) is 4.74 Å². The van der Waals surface area contributed by atoms with Gasteiger partial charge in [0.1, 0.15) is 5.75 Å². The van der Waals surface area contributed by atoms with Crippen molar-refractivity contribution in [1.29, 1.82) is 0 Å². The van der Waals surface area contributed by atoms with E-state index in [1.807, 2.05) is 12.1 Å². The maximum absolute atomic E-state index is 11.7. The number of rotatable bonds is 2. The van der Waals surface area contributed by atoms with E-state index in [-0.39, 0.29) is 11.8 Å². The Kier molecular flexibility index (Phi) is 3.72. The van der Waals surface area contributed by atoms with Crippen molar-refractivity contribution in [3.05, 3.63) is 29.3 Å². The van der Waals surface area contributed by atoms with Gasteiger partial charge in [0, 0.05) is 18.4 Å². The van der Waals surface area contributed by atoms with Crippen molar-refractivity contribution in [3.8, 4) is 5.75 Å². The van der Waals surface area contributed by atoms with Gasteiger partial charge in [0.05, 0.1) is 18.3 Å². The second-order valence-corrected chi connectivity index (χ2v) is 8.35. The number of phenols is 1. The van der Waals surface area contributed by atoms with Gasteiger partial charge < -0.3 is 20.1 Å². The molecule has 1 aromatic rings. The zero-order valence-electron chi connectivity index (χ0n) is 14.5. The molecule has 4 nitrogen and oxygen atoms in total. The molecule has 4 heteroatoms. The minimum Gasteiger partial charge on any atom is -0.508 e. The average molecular weight is 332 g/mol. The fraction of sp³-hybridized carbons (Fsp3) is 0.700. The van der Waals surface area contributed by atoms with Crippen LogP contribution in [0.4, 0.5) is 0 Å². The number of hydrogen-bond donors (Lipinski definition) is 3. The van der Waals surface area contributed by atoms with Crippen molar-refractivity contribution in [3.63, 3.8) is 0 Å². The molecule has 3 N–H and O–H groups in total. The highest BCUT2D eigenvalue weighted by molar-refractivity contribution is 5.43. The highest BCUT2D eigenvalue weighted by atomic mass is 16.5.